The fourth-order valence-electron chi connectivity index (χ4n) is 3.08. The van der Waals surface area contributed by atoms with Gasteiger partial charge in [-0.3, -0.25) is 14.9 Å². The smallest absolute Gasteiger partial charge is 0.274 e. The molecule has 8 nitrogen and oxygen atoms in total. The summed E-state index contributed by atoms with van der Waals surface area (Å²) in [6.45, 7) is 1.51. The summed E-state index contributed by atoms with van der Waals surface area (Å²) < 4.78 is 28.2. The van der Waals surface area contributed by atoms with Crippen molar-refractivity contribution in [2.75, 3.05) is 5.32 Å². The summed E-state index contributed by atoms with van der Waals surface area (Å²) in [5.74, 6) is -0.644. The van der Waals surface area contributed by atoms with E-state index >= 15 is 0 Å². The summed E-state index contributed by atoms with van der Waals surface area (Å²) >= 11 is 5.84. The number of nitrogens with one attached hydrogen (secondary N) is 2. The van der Waals surface area contributed by atoms with Gasteiger partial charge in [0.05, 0.1) is 21.1 Å². The summed E-state index contributed by atoms with van der Waals surface area (Å²) in [5.41, 5.74) is 1.09. The molecule has 3 rings (SSSR count). The Morgan fingerprint density at radius 1 is 1.03 bits per heavy atom. The van der Waals surface area contributed by atoms with E-state index in [1.807, 2.05) is 6.07 Å². The Morgan fingerprint density at radius 3 is 2.31 bits per heavy atom. The number of nitrogens with zero attached hydrogens (tertiary/aromatic N) is 1. The van der Waals surface area contributed by atoms with Crippen molar-refractivity contribution in [1.29, 1.82) is 0 Å². The molecule has 0 aromatic heterocycles. The highest BCUT2D eigenvalue weighted by atomic mass is 35.5. The molecule has 0 radical (unpaired) electrons. The lowest BCUT2D eigenvalue weighted by molar-refractivity contribution is -0.385. The van der Waals surface area contributed by atoms with E-state index < -0.39 is 26.9 Å². The summed E-state index contributed by atoms with van der Waals surface area (Å²) in [7, 11) is -4.04. The number of carbonyl (C=O) groups is 1. The second kappa shape index (κ2) is 9.90. The summed E-state index contributed by atoms with van der Waals surface area (Å²) in [4.78, 5) is 23.7. The molecule has 2 N–H and O–H groups in total. The molecule has 32 heavy (non-hydrogen) atoms. The highest BCUT2D eigenvalue weighted by Crippen LogP contribution is 2.25. The predicted octanol–water partition coefficient (Wildman–Crippen LogP) is 4.08. The SMILES string of the molecule is Cc1c(NC(=O)[C@@H](Cc2ccccc2)NS(=O)(=O)c2ccc(Cl)cc2)cccc1[N+](=O)[O-]. The lowest BCUT2D eigenvalue weighted by Crippen LogP contribution is -2.45. The second-order valence-corrected chi connectivity index (χ2v) is 9.16. The van der Waals surface area contributed by atoms with Crippen molar-refractivity contribution < 1.29 is 18.1 Å². The number of hydrogen-bond acceptors (Lipinski definition) is 5. The minimum atomic E-state index is -4.04. The maximum absolute atomic E-state index is 13.1. The third-order valence-electron chi connectivity index (χ3n) is 4.78. The number of hydrogen-bond donors (Lipinski definition) is 2. The molecule has 0 aliphatic heterocycles. The third kappa shape index (κ3) is 5.70. The predicted molar refractivity (Wildman–Crippen MR) is 122 cm³/mol. The van der Waals surface area contributed by atoms with Gasteiger partial charge in [-0.05, 0) is 49.2 Å². The van der Waals surface area contributed by atoms with Crippen molar-refractivity contribution in [3.63, 3.8) is 0 Å². The Labute approximate surface area is 190 Å². The molecule has 0 aliphatic rings. The van der Waals surface area contributed by atoms with E-state index in [1.165, 1.54) is 49.4 Å². The Balaban J connectivity index is 1.90. The third-order valence-corrected chi connectivity index (χ3v) is 6.52. The molecule has 0 heterocycles. The molecule has 10 heteroatoms. The largest absolute Gasteiger partial charge is 0.324 e. The number of carbonyl (C=O) groups excluding carboxylic acids is 1. The van der Waals surface area contributed by atoms with Gasteiger partial charge in [0, 0.05) is 11.1 Å². The average molecular weight is 474 g/mol. The van der Waals surface area contributed by atoms with E-state index in [4.69, 9.17) is 11.6 Å². The number of halogens is 1. The van der Waals surface area contributed by atoms with Crippen LogP contribution in [0.5, 0.6) is 0 Å². The molecule has 166 valence electrons. The van der Waals surface area contributed by atoms with Gasteiger partial charge in [0.1, 0.15) is 6.04 Å². The van der Waals surface area contributed by atoms with E-state index in [-0.39, 0.29) is 28.3 Å². The molecule has 0 aliphatic carbocycles. The van der Waals surface area contributed by atoms with Crippen molar-refractivity contribution >= 4 is 38.9 Å². The van der Waals surface area contributed by atoms with Crippen LogP contribution in [0.2, 0.25) is 5.02 Å². The molecule has 1 atom stereocenters. The van der Waals surface area contributed by atoms with Crippen LogP contribution in [0.3, 0.4) is 0 Å². The van der Waals surface area contributed by atoms with Crippen molar-refractivity contribution in [3.8, 4) is 0 Å². The Bertz CT molecular complexity index is 1230. The maximum Gasteiger partial charge on any atom is 0.274 e. The van der Waals surface area contributed by atoms with Crippen LogP contribution in [0, 0.1) is 17.0 Å². The molecule has 0 fully saturated rings. The van der Waals surface area contributed by atoms with Crippen LogP contribution in [0.25, 0.3) is 0 Å². The first-order valence-electron chi connectivity index (χ1n) is 9.54. The quantitative estimate of drug-likeness (QED) is 0.377. The zero-order valence-electron chi connectivity index (χ0n) is 17.0. The number of nitro groups is 1. The minimum absolute atomic E-state index is 0.0423. The molecule has 0 bridgehead atoms. The van der Waals surface area contributed by atoms with Gasteiger partial charge in [-0.1, -0.05) is 48.0 Å². The molecular formula is C22H20ClN3O5S. The number of sulfonamides is 1. The van der Waals surface area contributed by atoms with Gasteiger partial charge in [-0.15, -0.1) is 0 Å². The van der Waals surface area contributed by atoms with Crippen LogP contribution < -0.4 is 10.0 Å². The van der Waals surface area contributed by atoms with Crippen molar-refractivity contribution in [3.05, 3.63) is 99.1 Å². The lowest BCUT2D eigenvalue weighted by Gasteiger charge is -2.19. The summed E-state index contributed by atoms with van der Waals surface area (Å²) in [5, 5.41) is 14.2. The Hall–Kier alpha value is -3.27. The maximum atomic E-state index is 13.1. The number of benzene rings is 3. The van der Waals surface area contributed by atoms with Crippen molar-refractivity contribution in [2.45, 2.75) is 24.3 Å². The van der Waals surface area contributed by atoms with Crippen LogP contribution in [0.4, 0.5) is 11.4 Å². The fraction of sp³-hybridized carbons (Fsp3) is 0.136. The minimum Gasteiger partial charge on any atom is -0.324 e. The number of rotatable bonds is 8. The van der Waals surface area contributed by atoms with E-state index in [0.717, 1.165) is 5.56 Å². The van der Waals surface area contributed by atoms with E-state index in [1.54, 1.807) is 24.3 Å². The Morgan fingerprint density at radius 2 is 1.69 bits per heavy atom. The van der Waals surface area contributed by atoms with Crippen LogP contribution in [-0.4, -0.2) is 25.3 Å². The number of anilines is 1. The fourth-order valence-corrected chi connectivity index (χ4v) is 4.40. The van der Waals surface area contributed by atoms with Gasteiger partial charge in [0.25, 0.3) is 5.69 Å². The van der Waals surface area contributed by atoms with Crippen molar-refractivity contribution in [2.24, 2.45) is 0 Å². The van der Waals surface area contributed by atoms with Gasteiger partial charge in [0.15, 0.2) is 0 Å². The topological polar surface area (TPSA) is 118 Å². The monoisotopic (exact) mass is 473 g/mol. The van der Waals surface area contributed by atoms with Crippen molar-refractivity contribution in [1.82, 2.24) is 4.72 Å². The molecular weight excluding hydrogens is 454 g/mol. The second-order valence-electron chi connectivity index (χ2n) is 7.01. The highest BCUT2D eigenvalue weighted by molar-refractivity contribution is 7.89. The van der Waals surface area contributed by atoms with Gasteiger partial charge < -0.3 is 5.32 Å². The molecule has 0 saturated carbocycles. The van der Waals surface area contributed by atoms with Gasteiger partial charge in [-0.25, -0.2) is 8.42 Å². The molecule has 3 aromatic carbocycles. The summed E-state index contributed by atoms with van der Waals surface area (Å²) in [6, 6.07) is 17.6. The first kappa shape index (κ1) is 23.4. The van der Waals surface area contributed by atoms with E-state index in [2.05, 4.69) is 10.0 Å². The molecule has 0 spiro atoms. The standard InChI is InChI=1S/C22H20ClN3O5S/c1-15-19(8-5-9-21(15)26(28)29)24-22(27)20(14-16-6-3-2-4-7-16)25-32(30,31)18-12-10-17(23)11-13-18/h2-13,20,25H,14H2,1H3,(H,24,27)/t20-/m1/s1. The summed E-state index contributed by atoms with van der Waals surface area (Å²) in [6.07, 6.45) is 0.0769. The van der Waals surface area contributed by atoms with Gasteiger partial charge in [-0.2, -0.15) is 4.72 Å². The molecule has 0 saturated heterocycles. The zero-order valence-corrected chi connectivity index (χ0v) is 18.6. The van der Waals surface area contributed by atoms with Gasteiger partial charge >= 0.3 is 0 Å². The van der Waals surface area contributed by atoms with E-state index in [9.17, 15) is 23.3 Å². The van der Waals surface area contributed by atoms with Crippen LogP contribution in [0.1, 0.15) is 11.1 Å². The highest BCUT2D eigenvalue weighted by Gasteiger charge is 2.27. The normalized spacial score (nSPS) is 12.2. The van der Waals surface area contributed by atoms with E-state index in [0.29, 0.717) is 5.02 Å². The number of amides is 1. The van der Waals surface area contributed by atoms with Crippen LogP contribution >= 0.6 is 11.6 Å². The van der Waals surface area contributed by atoms with Crippen LogP contribution in [-0.2, 0) is 21.2 Å². The van der Waals surface area contributed by atoms with Crippen LogP contribution in [0.15, 0.2) is 77.7 Å². The molecule has 3 aromatic rings. The zero-order chi connectivity index (χ0) is 23.3. The first-order valence-corrected chi connectivity index (χ1v) is 11.4. The Kier molecular flexibility index (Phi) is 7.24. The van der Waals surface area contributed by atoms with Gasteiger partial charge in [0.2, 0.25) is 15.9 Å². The first-order chi connectivity index (χ1) is 15.2. The molecule has 1 amide bonds. The number of nitro benzene ring substituents is 1. The average Bonchev–Trinajstić information content (AvgIpc) is 2.75. The molecule has 0 unspecified atom stereocenters. The lowest BCUT2D eigenvalue weighted by atomic mass is 10.1.